The van der Waals surface area contributed by atoms with E-state index >= 15 is 0 Å². The van der Waals surface area contributed by atoms with Gasteiger partial charge in [-0.05, 0) is 42.5 Å². The fourth-order valence-corrected chi connectivity index (χ4v) is 3.37. The molecule has 1 aliphatic rings. The molecule has 0 saturated carbocycles. The summed E-state index contributed by atoms with van der Waals surface area (Å²) in [5.74, 6) is -0.969. The number of anilines is 3. The van der Waals surface area contributed by atoms with Crippen molar-refractivity contribution in [1.29, 1.82) is 0 Å². The number of aromatic carboxylic acids is 1. The van der Waals surface area contributed by atoms with Crippen molar-refractivity contribution in [3.8, 4) is 11.5 Å². The molecule has 12 heteroatoms. The van der Waals surface area contributed by atoms with Crippen molar-refractivity contribution in [2.24, 2.45) is 5.73 Å². The monoisotopic (exact) mass is 513 g/mol. The van der Waals surface area contributed by atoms with Crippen molar-refractivity contribution in [2.75, 3.05) is 41.8 Å². The molecular weight excluding hydrogens is 490 g/mol. The van der Waals surface area contributed by atoms with Gasteiger partial charge in [0.15, 0.2) is 11.6 Å². The van der Waals surface area contributed by atoms with Crippen LogP contribution in [0.25, 0.3) is 0 Å². The lowest BCUT2D eigenvalue weighted by atomic mass is 10.2. The second kappa shape index (κ2) is 11.9. The normalized spacial score (nSPS) is 11.9. The number of para-hydroxylation sites is 1. The van der Waals surface area contributed by atoms with Crippen molar-refractivity contribution in [1.82, 2.24) is 4.98 Å². The average Bonchev–Trinajstić information content (AvgIpc) is 2.87. The minimum atomic E-state index is -1.16. The average molecular weight is 514 g/mol. The first-order valence-electron chi connectivity index (χ1n) is 10.7. The van der Waals surface area contributed by atoms with Gasteiger partial charge in [-0.2, -0.15) is 0 Å². The lowest BCUT2D eigenvalue weighted by molar-refractivity contribution is 0.0696. The molecule has 11 nitrogen and oxygen atoms in total. The summed E-state index contributed by atoms with van der Waals surface area (Å²) in [6.07, 6.45) is 0. The van der Waals surface area contributed by atoms with E-state index in [9.17, 15) is 19.5 Å². The zero-order chi connectivity index (χ0) is 24.8. The third-order valence-corrected chi connectivity index (χ3v) is 5.02. The number of carboxylic acid groups (broad SMARTS) is 1. The highest BCUT2D eigenvalue weighted by molar-refractivity contribution is 6.06. The van der Waals surface area contributed by atoms with Gasteiger partial charge in [-0.25, -0.2) is 14.6 Å². The number of fused-ring (bicyclic) bond motifs is 1. The molecule has 1 aromatic heterocycles. The fraction of sp³-hybridized carbons (Fsp3) is 0.167. The van der Waals surface area contributed by atoms with Crippen LogP contribution in [0.2, 0.25) is 0 Å². The highest BCUT2D eigenvalue weighted by Crippen LogP contribution is 2.31. The molecule has 3 amide bonds. The van der Waals surface area contributed by atoms with Crippen LogP contribution < -0.4 is 30.7 Å². The van der Waals surface area contributed by atoms with Crippen molar-refractivity contribution < 1.29 is 29.0 Å². The molecule has 188 valence electrons. The van der Waals surface area contributed by atoms with E-state index in [0.717, 1.165) is 0 Å². The number of urea groups is 1. The number of carbonyl (C=O) groups is 3. The minimum absolute atomic E-state index is 0. The molecule has 4 rings (SSSR count). The molecule has 1 aliphatic heterocycles. The molecule has 0 unspecified atom stereocenters. The maximum Gasteiger partial charge on any atom is 0.335 e. The van der Waals surface area contributed by atoms with Gasteiger partial charge in [0.05, 0.1) is 17.8 Å². The third-order valence-electron chi connectivity index (χ3n) is 5.02. The van der Waals surface area contributed by atoms with Gasteiger partial charge in [0.1, 0.15) is 24.7 Å². The quantitative estimate of drug-likeness (QED) is 0.375. The first-order chi connectivity index (χ1) is 17.0. The third kappa shape index (κ3) is 6.01. The fourth-order valence-electron chi connectivity index (χ4n) is 3.37. The van der Waals surface area contributed by atoms with Crippen molar-refractivity contribution in [2.45, 2.75) is 0 Å². The Labute approximate surface area is 212 Å². The van der Waals surface area contributed by atoms with E-state index in [0.29, 0.717) is 11.4 Å². The van der Waals surface area contributed by atoms with Gasteiger partial charge in [-0.1, -0.05) is 18.2 Å². The second-order valence-electron chi connectivity index (χ2n) is 7.42. The summed E-state index contributed by atoms with van der Waals surface area (Å²) in [5, 5.41) is 14.7. The Balaban J connectivity index is 0.00000361. The number of benzene rings is 2. The lowest BCUT2D eigenvalue weighted by Crippen LogP contribution is -2.41. The number of hydrogen-bond acceptors (Lipinski definition) is 7. The van der Waals surface area contributed by atoms with Crippen molar-refractivity contribution >= 4 is 47.5 Å². The van der Waals surface area contributed by atoms with Gasteiger partial charge in [0, 0.05) is 12.2 Å². The van der Waals surface area contributed by atoms with Crippen LogP contribution in [-0.4, -0.2) is 54.3 Å². The SMILES string of the molecule is Cl.NCCOc1ccc(C(=O)O)cc1NC(=O)c1ccc2c(n1)N(C(=O)Nc1ccccc1)CCO2. The first kappa shape index (κ1) is 26.3. The van der Waals surface area contributed by atoms with Crippen molar-refractivity contribution in [3.63, 3.8) is 0 Å². The van der Waals surface area contributed by atoms with E-state index in [1.807, 2.05) is 6.07 Å². The molecule has 36 heavy (non-hydrogen) atoms. The van der Waals surface area contributed by atoms with E-state index in [1.165, 1.54) is 29.2 Å². The number of ether oxygens (including phenoxy) is 2. The van der Waals surface area contributed by atoms with Crippen molar-refractivity contribution in [3.05, 3.63) is 71.9 Å². The molecule has 3 aromatic rings. The van der Waals surface area contributed by atoms with E-state index in [1.54, 1.807) is 30.3 Å². The molecule has 0 radical (unpaired) electrons. The molecule has 2 heterocycles. The Bertz CT molecular complexity index is 1260. The predicted molar refractivity (Wildman–Crippen MR) is 136 cm³/mol. The van der Waals surface area contributed by atoms with Crippen LogP contribution in [-0.2, 0) is 0 Å². The zero-order valence-electron chi connectivity index (χ0n) is 19.0. The van der Waals surface area contributed by atoms with Gasteiger partial charge < -0.3 is 30.9 Å². The summed E-state index contributed by atoms with van der Waals surface area (Å²) in [5.41, 5.74) is 6.21. The van der Waals surface area contributed by atoms with Gasteiger partial charge in [-0.15, -0.1) is 12.4 Å². The Morgan fingerprint density at radius 3 is 2.58 bits per heavy atom. The van der Waals surface area contributed by atoms with Crippen LogP contribution in [0, 0.1) is 0 Å². The smallest absolute Gasteiger partial charge is 0.335 e. The number of hydrogen-bond donors (Lipinski definition) is 4. The maximum atomic E-state index is 13.0. The number of halogens is 1. The highest BCUT2D eigenvalue weighted by Gasteiger charge is 2.27. The molecule has 0 aliphatic carbocycles. The summed E-state index contributed by atoms with van der Waals surface area (Å²) in [7, 11) is 0. The van der Waals surface area contributed by atoms with Crippen LogP contribution in [0.15, 0.2) is 60.7 Å². The molecule has 0 fully saturated rings. The number of nitrogens with two attached hydrogens (primary N) is 1. The molecule has 0 saturated heterocycles. The van der Waals surface area contributed by atoms with Gasteiger partial charge in [0.2, 0.25) is 0 Å². The maximum absolute atomic E-state index is 13.0. The Morgan fingerprint density at radius 2 is 1.86 bits per heavy atom. The minimum Gasteiger partial charge on any atom is -0.490 e. The van der Waals surface area contributed by atoms with E-state index in [-0.39, 0.29) is 67.2 Å². The van der Waals surface area contributed by atoms with Gasteiger partial charge in [0.25, 0.3) is 5.91 Å². The van der Waals surface area contributed by atoms with Gasteiger partial charge >= 0.3 is 12.0 Å². The summed E-state index contributed by atoms with van der Waals surface area (Å²) in [4.78, 5) is 43.0. The molecule has 0 spiro atoms. The number of nitrogens with zero attached hydrogens (tertiary/aromatic N) is 2. The van der Waals surface area contributed by atoms with Crippen LogP contribution in [0.3, 0.4) is 0 Å². The van der Waals surface area contributed by atoms with Crippen LogP contribution in [0.5, 0.6) is 11.5 Å². The van der Waals surface area contributed by atoms with Crippen LogP contribution in [0.4, 0.5) is 22.0 Å². The largest absolute Gasteiger partial charge is 0.490 e. The first-order valence-corrected chi connectivity index (χ1v) is 10.7. The number of carbonyl (C=O) groups excluding carboxylic acids is 2. The summed E-state index contributed by atoms with van der Waals surface area (Å²) in [6, 6.07) is 15.6. The Hall–Kier alpha value is -4.35. The van der Waals surface area contributed by atoms with E-state index < -0.39 is 17.9 Å². The lowest BCUT2D eigenvalue weighted by Gasteiger charge is -2.28. The van der Waals surface area contributed by atoms with Gasteiger partial charge in [-0.3, -0.25) is 9.69 Å². The predicted octanol–water partition coefficient (Wildman–Crippen LogP) is 3.22. The zero-order valence-corrected chi connectivity index (χ0v) is 19.8. The van der Waals surface area contributed by atoms with E-state index in [2.05, 4.69) is 15.6 Å². The van der Waals surface area contributed by atoms with Crippen LogP contribution in [0.1, 0.15) is 20.8 Å². The molecular formula is C24H24ClN5O6. The number of rotatable bonds is 7. The molecule has 2 aromatic carbocycles. The van der Waals surface area contributed by atoms with Crippen LogP contribution >= 0.6 is 12.4 Å². The van der Waals surface area contributed by atoms with E-state index in [4.69, 9.17) is 15.2 Å². The molecule has 5 N–H and O–H groups in total. The highest BCUT2D eigenvalue weighted by atomic mass is 35.5. The second-order valence-corrected chi connectivity index (χ2v) is 7.42. The number of aromatic nitrogens is 1. The molecule has 0 atom stereocenters. The summed E-state index contributed by atoms with van der Waals surface area (Å²) < 4.78 is 11.1. The Kier molecular flexibility index (Phi) is 8.66. The number of carboxylic acids is 1. The molecule has 0 bridgehead atoms. The number of nitrogens with one attached hydrogen (secondary N) is 2. The standard InChI is InChI=1S/C24H23N5O6.ClH/c25-10-12-34-19-8-6-15(23(31)32)14-18(19)28-22(30)17-7-9-20-21(27-17)29(11-13-35-20)24(33)26-16-4-2-1-3-5-16;/h1-9,14H,10-13,25H2,(H,26,33)(H,28,30)(H,31,32);1H. The Morgan fingerprint density at radius 1 is 1.08 bits per heavy atom. The summed E-state index contributed by atoms with van der Waals surface area (Å²) >= 11 is 0. The summed E-state index contributed by atoms with van der Waals surface area (Å²) in [6.45, 7) is 0.921. The topological polar surface area (TPSA) is 156 Å². The number of amides is 3. The number of pyridine rings is 1.